The van der Waals surface area contributed by atoms with Crippen molar-refractivity contribution in [2.45, 2.75) is 13.0 Å². The van der Waals surface area contributed by atoms with Gasteiger partial charge in [-0.05, 0) is 17.7 Å². The molecule has 4 heteroatoms. The summed E-state index contributed by atoms with van der Waals surface area (Å²) in [6.45, 7) is 1.04. The summed E-state index contributed by atoms with van der Waals surface area (Å²) in [6.07, 6.45) is 0.283. The Morgan fingerprint density at radius 2 is 1.68 bits per heavy atom. The zero-order valence-corrected chi connectivity index (χ0v) is 12.2. The van der Waals surface area contributed by atoms with Crippen LogP contribution in [0.3, 0.4) is 0 Å². The summed E-state index contributed by atoms with van der Waals surface area (Å²) >= 11 is 0. The second kappa shape index (κ2) is 6.43. The molecule has 1 aliphatic heterocycles. The van der Waals surface area contributed by atoms with Crippen LogP contribution >= 0.6 is 0 Å². The Balaban J connectivity index is 1.60. The third-order valence-electron chi connectivity index (χ3n) is 3.84. The van der Waals surface area contributed by atoms with Crippen LogP contribution in [0.1, 0.15) is 12.0 Å². The Hall–Kier alpha value is -2.62. The molecule has 112 valence electrons. The Morgan fingerprint density at radius 3 is 2.36 bits per heavy atom. The molecular formula is C18H18N2O2. The molecule has 2 amide bonds. The molecule has 2 aromatic carbocycles. The lowest BCUT2D eigenvalue weighted by Gasteiger charge is -2.16. The van der Waals surface area contributed by atoms with E-state index in [1.165, 1.54) is 0 Å². The fourth-order valence-corrected chi connectivity index (χ4v) is 2.67. The van der Waals surface area contributed by atoms with Gasteiger partial charge in [-0.25, -0.2) is 0 Å². The predicted molar refractivity (Wildman–Crippen MR) is 85.0 cm³/mol. The number of hydrogen-bond donors (Lipinski definition) is 1. The van der Waals surface area contributed by atoms with Crippen molar-refractivity contribution in [3.63, 3.8) is 0 Å². The molecule has 1 saturated heterocycles. The number of nitrogens with one attached hydrogen (secondary N) is 1. The molecule has 0 aliphatic carbocycles. The van der Waals surface area contributed by atoms with Gasteiger partial charge in [-0.1, -0.05) is 48.5 Å². The topological polar surface area (TPSA) is 49.4 Å². The van der Waals surface area contributed by atoms with Gasteiger partial charge in [0.05, 0.1) is 5.92 Å². The zero-order valence-electron chi connectivity index (χ0n) is 12.2. The lowest BCUT2D eigenvalue weighted by atomic mass is 10.1. The normalized spacial score (nSPS) is 17.5. The smallest absolute Gasteiger partial charge is 0.229 e. The highest BCUT2D eigenvalue weighted by atomic mass is 16.2. The number of amides is 2. The first-order valence-electron chi connectivity index (χ1n) is 7.40. The molecule has 1 heterocycles. The van der Waals surface area contributed by atoms with Crippen LogP contribution in [0.15, 0.2) is 60.7 Å². The Bertz CT molecular complexity index is 655. The van der Waals surface area contributed by atoms with Crippen LogP contribution in [0.2, 0.25) is 0 Å². The number of carbonyl (C=O) groups is 2. The maximum atomic E-state index is 12.3. The lowest BCUT2D eigenvalue weighted by molar-refractivity contribution is -0.128. The first kappa shape index (κ1) is 14.3. The van der Waals surface area contributed by atoms with E-state index in [0.29, 0.717) is 13.1 Å². The van der Waals surface area contributed by atoms with E-state index >= 15 is 0 Å². The molecule has 0 unspecified atom stereocenters. The van der Waals surface area contributed by atoms with Gasteiger partial charge in [0.25, 0.3) is 0 Å². The second-order valence-electron chi connectivity index (χ2n) is 5.52. The first-order chi connectivity index (χ1) is 10.7. The van der Waals surface area contributed by atoms with Gasteiger partial charge < -0.3 is 10.2 Å². The van der Waals surface area contributed by atoms with Crippen LogP contribution in [0.4, 0.5) is 5.69 Å². The number of hydrogen-bond acceptors (Lipinski definition) is 2. The average molecular weight is 294 g/mol. The maximum Gasteiger partial charge on any atom is 0.229 e. The van der Waals surface area contributed by atoms with Crippen LogP contribution in [0.25, 0.3) is 0 Å². The molecule has 1 atom stereocenters. The molecule has 1 aliphatic rings. The van der Waals surface area contributed by atoms with Gasteiger partial charge in [0, 0.05) is 25.2 Å². The molecule has 0 radical (unpaired) electrons. The van der Waals surface area contributed by atoms with Crippen molar-refractivity contribution in [3.05, 3.63) is 66.2 Å². The number of anilines is 1. The average Bonchev–Trinajstić information content (AvgIpc) is 2.90. The predicted octanol–water partition coefficient (Wildman–Crippen LogP) is 2.67. The minimum Gasteiger partial charge on any atom is -0.338 e. The quantitative estimate of drug-likeness (QED) is 0.942. The monoisotopic (exact) mass is 294 g/mol. The number of benzene rings is 2. The molecule has 0 bridgehead atoms. The Kier molecular flexibility index (Phi) is 4.19. The third kappa shape index (κ3) is 3.34. The number of carbonyl (C=O) groups excluding carboxylic acids is 2. The van der Waals surface area contributed by atoms with E-state index < -0.39 is 0 Å². The van der Waals surface area contributed by atoms with Gasteiger partial charge in [0.2, 0.25) is 11.8 Å². The molecule has 3 rings (SSSR count). The van der Waals surface area contributed by atoms with Gasteiger partial charge in [0.1, 0.15) is 0 Å². The summed E-state index contributed by atoms with van der Waals surface area (Å²) in [5.41, 5.74) is 1.85. The molecule has 1 fully saturated rings. The van der Waals surface area contributed by atoms with Crippen molar-refractivity contribution in [3.8, 4) is 0 Å². The van der Waals surface area contributed by atoms with Crippen molar-refractivity contribution < 1.29 is 9.59 Å². The number of rotatable bonds is 4. The van der Waals surface area contributed by atoms with Crippen LogP contribution < -0.4 is 5.32 Å². The molecule has 22 heavy (non-hydrogen) atoms. The van der Waals surface area contributed by atoms with Gasteiger partial charge >= 0.3 is 0 Å². The van der Waals surface area contributed by atoms with E-state index in [1.807, 2.05) is 60.7 Å². The highest BCUT2D eigenvalue weighted by molar-refractivity contribution is 5.97. The minimum absolute atomic E-state index is 0.0389. The summed E-state index contributed by atoms with van der Waals surface area (Å²) < 4.78 is 0. The van der Waals surface area contributed by atoms with Crippen molar-refractivity contribution in [2.75, 3.05) is 11.9 Å². The Morgan fingerprint density at radius 1 is 1.05 bits per heavy atom. The molecule has 0 saturated carbocycles. The van der Waals surface area contributed by atoms with Crippen molar-refractivity contribution in [2.24, 2.45) is 5.92 Å². The molecule has 0 aromatic heterocycles. The van der Waals surface area contributed by atoms with E-state index in [9.17, 15) is 9.59 Å². The largest absolute Gasteiger partial charge is 0.338 e. The fraction of sp³-hybridized carbons (Fsp3) is 0.222. The molecule has 0 spiro atoms. The third-order valence-corrected chi connectivity index (χ3v) is 3.84. The summed E-state index contributed by atoms with van der Waals surface area (Å²) in [5, 5.41) is 2.87. The summed E-state index contributed by atoms with van der Waals surface area (Å²) in [4.78, 5) is 26.1. The SMILES string of the molecule is O=C(Nc1ccccc1)[C@@H]1CC(=O)N(Cc2ccccc2)C1. The standard InChI is InChI=1S/C18H18N2O2/c21-17-11-15(18(22)19-16-9-5-2-6-10-16)13-20(17)12-14-7-3-1-4-8-14/h1-10,15H,11-13H2,(H,19,22)/t15-/m1/s1. The van der Waals surface area contributed by atoms with Gasteiger partial charge in [-0.15, -0.1) is 0 Å². The molecular weight excluding hydrogens is 276 g/mol. The van der Waals surface area contributed by atoms with Crippen LogP contribution in [0, 0.1) is 5.92 Å². The van der Waals surface area contributed by atoms with Crippen LogP contribution in [0.5, 0.6) is 0 Å². The van der Waals surface area contributed by atoms with Crippen LogP contribution in [-0.2, 0) is 16.1 Å². The Labute approximate surface area is 129 Å². The van der Waals surface area contributed by atoms with Gasteiger partial charge in [0.15, 0.2) is 0 Å². The fourth-order valence-electron chi connectivity index (χ4n) is 2.67. The van der Waals surface area contributed by atoms with Crippen molar-refractivity contribution in [1.82, 2.24) is 4.90 Å². The van der Waals surface area contributed by atoms with E-state index in [4.69, 9.17) is 0 Å². The molecule has 1 N–H and O–H groups in total. The van der Waals surface area contributed by atoms with E-state index in [1.54, 1.807) is 4.90 Å². The number of likely N-dealkylation sites (tertiary alicyclic amines) is 1. The zero-order chi connectivity index (χ0) is 15.4. The minimum atomic E-state index is -0.281. The van der Waals surface area contributed by atoms with E-state index in [2.05, 4.69) is 5.32 Å². The number of para-hydroxylation sites is 1. The summed E-state index contributed by atoms with van der Waals surface area (Å²) in [7, 11) is 0. The summed E-state index contributed by atoms with van der Waals surface area (Å²) in [6, 6.07) is 19.2. The second-order valence-corrected chi connectivity index (χ2v) is 5.52. The van der Waals surface area contributed by atoms with Gasteiger partial charge in [-0.3, -0.25) is 9.59 Å². The van der Waals surface area contributed by atoms with Crippen LogP contribution in [-0.4, -0.2) is 23.3 Å². The van der Waals surface area contributed by atoms with Crippen molar-refractivity contribution in [1.29, 1.82) is 0 Å². The van der Waals surface area contributed by atoms with E-state index in [-0.39, 0.29) is 24.2 Å². The first-order valence-corrected chi connectivity index (χ1v) is 7.40. The highest BCUT2D eigenvalue weighted by Gasteiger charge is 2.34. The van der Waals surface area contributed by atoms with Crippen molar-refractivity contribution >= 4 is 17.5 Å². The molecule has 4 nitrogen and oxygen atoms in total. The van der Waals surface area contributed by atoms with Gasteiger partial charge in [-0.2, -0.15) is 0 Å². The lowest BCUT2D eigenvalue weighted by Crippen LogP contribution is -2.28. The summed E-state index contributed by atoms with van der Waals surface area (Å²) in [5.74, 6) is -0.330. The van der Waals surface area contributed by atoms with E-state index in [0.717, 1.165) is 11.3 Å². The maximum absolute atomic E-state index is 12.3. The highest BCUT2D eigenvalue weighted by Crippen LogP contribution is 2.21. The number of nitrogens with zero attached hydrogens (tertiary/aromatic N) is 1. The molecule has 2 aromatic rings.